The summed E-state index contributed by atoms with van der Waals surface area (Å²) < 4.78 is 44.6. The van der Waals surface area contributed by atoms with Crippen LogP contribution in [-0.4, -0.2) is 17.8 Å². The highest BCUT2D eigenvalue weighted by atomic mass is 19.4. The van der Waals surface area contributed by atoms with E-state index in [9.17, 15) is 27.6 Å². The SMILES string of the molecule is CC(=O)N/C(=C\c1ccccc1)C(=O)OC(C(=O)Nc1cccc(C(F)(F)F)c1)c1ccccc1. The predicted molar refractivity (Wildman–Crippen MR) is 124 cm³/mol. The number of esters is 1. The Bertz CT molecular complexity index is 1230. The maximum atomic E-state index is 13.1. The van der Waals surface area contributed by atoms with Crippen LogP contribution in [0.5, 0.6) is 0 Å². The molecule has 2 amide bonds. The number of hydrogen-bond donors (Lipinski definition) is 2. The van der Waals surface area contributed by atoms with Crippen LogP contribution in [0.1, 0.15) is 29.7 Å². The molecule has 0 aliphatic heterocycles. The van der Waals surface area contributed by atoms with Crippen LogP contribution in [0, 0.1) is 0 Å². The highest BCUT2D eigenvalue weighted by Gasteiger charge is 2.31. The van der Waals surface area contributed by atoms with Gasteiger partial charge in [-0.25, -0.2) is 4.79 Å². The fraction of sp³-hybridized carbons (Fsp3) is 0.115. The van der Waals surface area contributed by atoms with E-state index in [1.54, 1.807) is 48.5 Å². The number of amides is 2. The molecule has 3 aromatic rings. The van der Waals surface area contributed by atoms with Crippen molar-refractivity contribution in [3.63, 3.8) is 0 Å². The first kappa shape index (κ1) is 25.2. The van der Waals surface area contributed by atoms with Crippen LogP contribution in [0.25, 0.3) is 6.08 Å². The summed E-state index contributed by atoms with van der Waals surface area (Å²) in [6, 6.07) is 20.7. The van der Waals surface area contributed by atoms with Crippen LogP contribution < -0.4 is 10.6 Å². The molecule has 0 aliphatic carbocycles. The van der Waals surface area contributed by atoms with Crippen molar-refractivity contribution in [2.24, 2.45) is 0 Å². The third kappa shape index (κ3) is 7.29. The van der Waals surface area contributed by atoms with Gasteiger partial charge in [0.2, 0.25) is 12.0 Å². The van der Waals surface area contributed by atoms with E-state index >= 15 is 0 Å². The van der Waals surface area contributed by atoms with Crippen LogP contribution in [-0.2, 0) is 25.3 Å². The number of alkyl halides is 3. The van der Waals surface area contributed by atoms with Gasteiger partial charge in [-0.1, -0.05) is 66.7 Å². The molecule has 0 aromatic heterocycles. The molecule has 2 N–H and O–H groups in total. The normalized spacial score (nSPS) is 12.4. The number of carbonyl (C=O) groups is 3. The fourth-order valence-corrected chi connectivity index (χ4v) is 3.10. The van der Waals surface area contributed by atoms with Crippen LogP contribution in [0.3, 0.4) is 0 Å². The Balaban J connectivity index is 1.90. The Labute approximate surface area is 199 Å². The minimum Gasteiger partial charge on any atom is -0.443 e. The second-order valence-corrected chi connectivity index (χ2v) is 7.41. The van der Waals surface area contributed by atoms with Gasteiger partial charge in [0.25, 0.3) is 5.91 Å². The Morgan fingerprint density at radius 2 is 1.51 bits per heavy atom. The number of carbonyl (C=O) groups excluding carboxylic acids is 3. The van der Waals surface area contributed by atoms with E-state index in [0.717, 1.165) is 18.2 Å². The number of anilines is 1. The quantitative estimate of drug-likeness (QED) is 0.362. The van der Waals surface area contributed by atoms with Gasteiger partial charge in [0.1, 0.15) is 5.70 Å². The Hall–Kier alpha value is -4.40. The number of halogens is 3. The molecule has 1 unspecified atom stereocenters. The molecule has 3 rings (SSSR count). The fourth-order valence-electron chi connectivity index (χ4n) is 3.10. The van der Waals surface area contributed by atoms with Crippen molar-refractivity contribution in [3.05, 3.63) is 107 Å². The van der Waals surface area contributed by atoms with Gasteiger partial charge in [0, 0.05) is 18.2 Å². The van der Waals surface area contributed by atoms with Crippen molar-refractivity contribution in [2.75, 3.05) is 5.32 Å². The van der Waals surface area contributed by atoms with E-state index in [-0.39, 0.29) is 16.9 Å². The number of hydrogen-bond acceptors (Lipinski definition) is 4. The first-order chi connectivity index (χ1) is 16.6. The topological polar surface area (TPSA) is 84.5 Å². The van der Waals surface area contributed by atoms with E-state index in [0.29, 0.717) is 5.56 Å². The van der Waals surface area contributed by atoms with Crippen molar-refractivity contribution in [3.8, 4) is 0 Å². The van der Waals surface area contributed by atoms with Crippen molar-refractivity contribution >= 4 is 29.5 Å². The molecule has 3 aromatic carbocycles. The summed E-state index contributed by atoms with van der Waals surface area (Å²) in [5, 5.41) is 4.75. The molecule has 1 atom stereocenters. The molecular weight excluding hydrogens is 461 g/mol. The van der Waals surface area contributed by atoms with Crippen molar-refractivity contribution in [1.29, 1.82) is 0 Å². The third-order valence-corrected chi connectivity index (χ3v) is 4.66. The van der Waals surface area contributed by atoms with Crippen LogP contribution in [0.15, 0.2) is 90.6 Å². The molecule has 0 fully saturated rings. The standard InChI is InChI=1S/C26H21F3N2O4/c1-17(32)30-22(15-18-9-4-2-5-10-18)25(34)35-23(19-11-6-3-7-12-19)24(33)31-21-14-8-13-20(16-21)26(27,28)29/h2-16,23H,1H3,(H,30,32)(H,31,33)/b22-15-. The largest absolute Gasteiger partial charge is 0.443 e. The monoisotopic (exact) mass is 482 g/mol. The molecule has 6 nitrogen and oxygen atoms in total. The van der Waals surface area contributed by atoms with E-state index in [2.05, 4.69) is 10.6 Å². The number of nitrogens with one attached hydrogen (secondary N) is 2. The predicted octanol–water partition coefficient (Wildman–Crippen LogP) is 5.11. The smallest absolute Gasteiger partial charge is 0.416 e. The molecule has 0 heterocycles. The summed E-state index contributed by atoms with van der Waals surface area (Å²) in [7, 11) is 0. The lowest BCUT2D eigenvalue weighted by atomic mass is 10.1. The Morgan fingerprint density at radius 1 is 0.886 bits per heavy atom. The van der Waals surface area contributed by atoms with Crippen LogP contribution >= 0.6 is 0 Å². The lowest BCUT2D eigenvalue weighted by Gasteiger charge is -2.19. The molecular formula is C26H21F3N2O4. The summed E-state index contributed by atoms with van der Waals surface area (Å²) >= 11 is 0. The Kier molecular flexibility index (Phi) is 8.04. The number of rotatable bonds is 7. The van der Waals surface area contributed by atoms with E-state index < -0.39 is 35.6 Å². The van der Waals surface area contributed by atoms with Gasteiger partial charge in [0.05, 0.1) is 5.56 Å². The minimum atomic E-state index is -4.60. The van der Waals surface area contributed by atoms with Gasteiger partial charge >= 0.3 is 12.1 Å². The molecule has 9 heteroatoms. The summed E-state index contributed by atoms with van der Waals surface area (Å²) in [5.74, 6) is -2.41. The van der Waals surface area contributed by atoms with E-state index in [1.807, 2.05) is 0 Å². The zero-order chi connectivity index (χ0) is 25.4. The summed E-state index contributed by atoms with van der Waals surface area (Å²) in [6.07, 6.45) is -4.72. The van der Waals surface area contributed by atoms with Crippen molar-refractivity contribution in [1.82, 2.24) is 5.32 Å². The highest BCUT2D eigenvalue weighted by molar-refractivity contribution is 6.01. The average molecular weight is 482 g/mol. The Morgan fingerprint density at radius 3 is 2.11 bits per heavy atom. The summed E-state index contributed by atoms with van der Waals surface area (Å²) in [4.78, 5) is 37.7. The first-order valence-corrected chi connectivity index (χ1v) is 10.4. The maximum absolute atomic E-state index is 13.1. The van der Waals surface area contributed by atoms with Gasteiger partial charge in [0.15, 0.2) is 0 Å². The van der Waals surface area contributed by atoms with Gasteiger partial charge in [-0.05, 0) is 29.8 Å². The molecule has 0 aliphatic rings. The molecule has 0 saturated heterocycles. The van der Waals surface area contributed by atoms with Crippen LogP contribution in [0.4, 0.5) is 18.9 Å². The van der Waals surface area contributed by atoms with Gasteiger partial charge in [-0.2, -0.15) is 13.2 Å². The summed E-state index contributed by atoms with van der Waals surface area (Å²) in [6.45, 7) is 1.21. The second-order valence-electron chi connectivity index (χ2n) is 7.41. The molecule has 0 saturated carbocycles. The maximum Gasteiger partial charge on any atom is 0.416 e. The highest BCUT2D eigenvalue weighted by Crippen LogP contribution is 2.31. The van der Waals surface area contributed by atoms with E-state index in [4.69, 9.17) is 4.74 Å². The zero-order valence-electron chi connectivity index (χ0n) is 18.5. The summed E-state index contributed by atoms with van der Waals surface area (Å²) in [5.41, 5.74) is -0.396. The van der Waals surface area contributed by atoms with Gasteiger partial charge < -0.3 is 15.4 Å². The molecule has 0 radical (unpaired) electrons. The first-order valence-electron chi connectivity index (χ1n) is 10.4. The molecule has 35 heavy (non-hydrogen) atoms. The molecule has 0 spiro atoms. The minimum absolute atomic E-state index is 0.122. The van der Waals surface area contributed by atoms with Crippen molar-refractivity contribution in [2.45, 2.75) is 19.2 Å². The molecule has 180 valence electrons. The number of benzene rings is 3. The lowest BCUT2D eigenvalue weighted by Crippen LogP contribution is -2.31. The lowest BCUT2D eigenvalue weighted by molar-refractivity contribution is -0.151. The van der Waals surface area contributed by atoms with E-state index in [1.165, 1.54) is 31.2 Å². The van der Waals surface area contributed by atoms with Crippen LogP contribution in [0.2, 0.25) is 0 Å². The van der Waals surface area contributed by atoms with Crippen molar-refractivity contribution < 1.29 is 32.3 Å². The van der Waals surface area contributed by atoms with Gasteiger partial charge in [-0.15, -0.1) is 0 Å². The molecule has 0 bridgehead atoms. The zero-order valence-corrected chi connectivity index (χ0v) is 18.5. The number of ether oxygens (including phenoxy) is 1. The second kappa shape index (κ2) is 11.1. The average Bonchev–Trinajstić information content (AvgIpc) is 2.82. The third-order valence-electron chi connectivity index (χ3n) is 4.66. The van der Waals surface area contributed by atoms with Gasteiger partial charge in [-0.3, -0.25) is 9.59 Å².